The summed E-state index contributed by atoms with van der Waals surface area (Å²) in [5, 5.41) is 0. The highest BCUT2D eigenvalue weighted by Gasteiger charge is 2.65. The summed E-state index contributed by atoms with van der Waals surface area (Å²) in [5.41, 5.74) is 0.799. The van der Waals surface area contributed by atoms with Crippen LogP contribution < -0.4 is 0 Å². The molecule has 0 amide bonds. The molecule has 5 aliphatic carbocycles. The molecule has 0 saturated heterocycles. The van der Waals surface area contributed by atoms with E-state index in [4.69, 9.17) is 0 Å². The van der Waals surface area contributed by atoms with Crippen LogP contribution in [0.4, 0.5) is 0 Å². The normalized spacial score (nSPS) is 62.7. The maximum Gasteiger partial charge on any atom is -0.0264 e. The van der Waals surface area contributed by atoms with Gasteiger partial charge in [-0.1, -0.05) is 32.6 Å². The molecule has 0 bridgehead atoms. The second kappa shape index (κ2) is 3.80. The van der Waals surface area contributed by atoms with Crippen molar-refractivity contribution < 1.29 is 0 Å². The monoisotopic (exact) mass is 258 g/mol. The van der Waals surface area contributed by atoms with Gasteiger partial charge in [-0.3, -0.25) is 0 Å². The van der Waals surface area contributed by atoms with Gasteiger partial charge in [-0.15, -0.1) is 0 Å². The second-order valence-corrected chi connectivity index (χ2v) is 9.04. The quantitative estimate of drug-likeness (QED) is 0.555. The first kappa shape index (κ1) is 11.6. The van der Waals surface area contributed by atoms with Crippen LogP contribution >= 0.6 is 0 Å². The van der Waals surface area contributed by atoms with Crippen LogP contribution in [0.5, 0.6) is 0 Å². The van der Waals surface area contributed by atoms with Crippen LogP contribution in [-0.4, -0.2) is 0 Å². The van der Waals surface area contributed by atoms with Crippen LogP contribution in [0, 0.1) is 46.8 Å². The number of hydrogen-bond donors (Lipinski definition) is 0. The molecule has 0 aromatic carbocycles. The molecule has 0 radical (unpaired) electrons. The Morgan fingerprint density at radius 1 is 0.632 bits per heavy atom. The molecule has 0 heterocycles. The number of hydrogen-bond acceptors (Lipinski definition) is 0. The maximum absolute atomic E-state index is 2.68. The summed E-state index contributed by atoms with van der Waals surface area (Å²) in [4.78, 5) is 0. The van der Waals surface area contributed by atoms with Crippen LogP contribution in [-0.2, 0) is 0 Å². The van der Waals surface area contributed by atoms with Gasteiger partial charge in [0.15, 0.2) is 0 Å². The average Bonchev–Trinajstić information content (AvgIpc) is 2.43. The van der Waals surface area contributed by atoms with Gasteiger partial charge >= 0.3 is 0 Å². The fraction of sp³-hybridized carbons (Fsp3) is 1.00. The summed E-state index contributed by atoms with van der Waals surface area (Å²) in [6.45, 7) is 2.68. The minimum Gasteiger partial charge on any atom is -0.0591 e. The Hall–Kier alpha value is 0. The average molecular weight is 258 g/mol. The molecule has 0 heteroatoms. The van der Waals surface area contributed by atoms with Crippen LogP contribution in [0.1, 0.15) is 71.1 Å². The van der Waals surface area contributed by atoms with E-state index in [-0.39, 0.29) is 0 Å². The molecule has 0 aliphatic heterocycles. The highest BCUT2D eigenvalue weighted by molar-refractivity contribution is 5.14. The van der Waals surface area contributed by atoms with Crippen LogP contribution in [0.25, 0.3) is 0 Å². The Morgan fingerprint density at radius 2 is 1.32 bits per heavy atom. The van der Waals surface area contributed by atoms with E-state index in [1.165, 1.54) is 36.0 Å². The lowest BCUT2D eigenvalue weighted by Crippen LogP contribution is -2.64. The van der Waals surface area contributed by atoms with Gasteiger partial charge in [0.1, 0.15) is 0 Å². The Kier molecular flexibility index (Phi) is 2.33. The van der Waals surface area contributed by atoms with Crippen LogP contribution in [0.15, 0.2) is 0 Å². The van der Waals surface area contributed by atoms with Gasteiger partial charge in [0.05, 0.1) is 0 Å². The summed E-state index contributed by atoms with van der Waals surface area (Å²) in [6, 6.07) is 0. The molecular formula is C19H30. The molecule has 5 fully saturated rings. The van der Waals surface area contributed by atoms with Crippen molar-refractivity contribution in [2.75, 3.05) is 0 Å². The molecule has 0 aromatic heterocycles. The van der Waals surface area contributed by atoms with Gasteiger partial charge in [-0.25, -0.2) is 0 Å². The van der Waals surface area contributed by atoms with Crippen molar-refractivity contribution >= 4 is 0 Å². The van der Waals surface area contributed by atoms with E-state index < -0.39 is 0 Å². The van der Waals surface area contributed by atoms with E-state index in [1.807, 2.05) is 0 Å². The molecule has 8 unspecified atom stereocenters. The maximum atomic E-state index is 2.68. The molecule has 0 N–H and O–H groups in total. The fourth-order valence-electron chi connectivity index (χ4n) is 8.02. The topological polar surface area (TPSA) is 0 Å². The van der Waals surface area contributed by atoms with Crippen molar-refractivity contribution in [2.24, 2.45) is 46.8 Å². The second-order valence-electron chi connectivity index (χ2n) is 9.04. The molecule has 0 nitrogen and oxygen atoms in total. The molecule has 106 valence electrons. The number of rotatable bonds is 0. The fourth-order valence-corrected chi connectivity index (χ4v) is 8.02. The molecule has 5 aliphatic rings. The molecule has 0 spiro atoms. The van der Waals surface area contributed by atoms with Gasteiger partial charge in [-0.05, 0) is 85.4 Å². The minimum atomic E-state index is 0.799. The Balaban J connectivity index is 1.39. The first-order valence-corrected chi connectivity index (χ1v) is 9.29. The third kappa shape index (κ3) is 1.32. The van der Waals surface area contributed by atoms with Crippen molar-refractivity contribution in [3.63, 3.8) is 0 Å². The lowest BCUT2D eigenvalue weighted by Gasteiger charge is -2.71. The van der Waals surface area contributed by atoms with Crippen molar-refractivity contribution in [2.45, 2.75) is 71.1 Å². The Labute approximate surface area is 118 Å². The zero-order chi connectivity index (χ0) is 12.6. The summed E-state index contributed by atoms with van der Waals surface area (Å²) >= 11 is 0. The van der Waals surface area contributed by atoms with Gasteiger partial charge in [0, 0.05) is 0 Å². The molecule has 8 atom stereocenters. The summed E-state index contributed by atoms with van der Waals surface area (Å²) < 4.78 is 0. The SMILES string of the molecule is CC12CCCCC1C1CC3C4CCCCC4C3CC12. The highest BCUT2D eigenvalue weighted by atomic mass is 14.7. The summed E-state index contributed by atoms with van der Waals surface area (Å²) in [5.74, 6) is 8.23. The van der Waals surface area contributed by atoms with Crippen molar-refractivity contribution in [1.29, 1.82) is 0 Å². The third-order valence-corrected chi connectivity index (χ3v) is 8.80. The van der Waals surface area contributed by atoms with Crippen molar-refractivity contribution in [3.8, 4) is 0 Å². The van der Waals surface area contributed by atoms with Gasteiger partial charge in [-0.2, -0.15) is 0 Å². The van der Waals surface area contributed by atoms with Crippen molar-refractivity contribution in [1.82, 2.24) is 0 Å². The van der Waals surface area contributed by atoms with Gasteiger partial charge < -0.3 is 0 Å². The first-order valence-electron chi connectivity index (χ1n) is 9.29. The lowest BCUT2D eigenvalue weighted by atomic mass is 9.34. The lowest BCUT2D eigenvalue weighted by molar-refractivity contribution is -0.225. The van der Waals surface area contributed by atoms with E-state index in [1.54, 1.807) is 57.8 Å². The molecule has 5 saturated carbocycles. The van der Waals surface area contributed by atoms with Gasteiger partial charge in [0.25, 0.3) is 0 Å². The summed E-state index contributed by atoms with van der Waals surface area (Å²) in [6.07, 6.45) is 15.9. The standard InChI is InChI=1S/C19H30/c1-19-9-5-4-8-17(19)16-10-14-12-6-2-3-7-13(12)15(14)11-18(16)19/h12-18H,2-11H2,1H3. The van der Waals surface area contributed by atoms with E-state index >= 15 is 0 Å². The zero-order valence-corrected chi connectivity index (χ0v) is 12.6. The first-order chi connectivity index (χ1) is 9.29. The Bertz CT molecular complexity index is 385. The largest absolute Gasteiger partial charge is 0.0591 e. The van der Waals surface area contributed by atoms with E-state index in [2.05, 4.69) is 6.92 Å². The van der Waals surface area contributed by atoms with Crippen LogP contribution in [0.2, 0.25) is 0 Å². The molecule has 0 aromatic rings. The predicted octanol–water partition coefficient (Wildman–Crippen LogP) is 5.28. The van der Waals surface area contributed by atoms with E-state index in [9.17, 15) is 0 Å². The predicted molar refractivity (Wildman–Crippen MR) is 78.7 cm³/mol. The molecule has 19 heavy (non-hydrogen) atoms. The molecular weight excluding hydrogens is 228 g/mol. The number of fused-ring (bicyclic) bond motifs is 8. The highest BCUT2D eigenvalue weighted by Crippen LogP contribution is 2.73. The smallest absolute Gasteiger partial charge is 0.0264 e. The minimum absolute atomic E-state index is 0.799. The summed E-state index contributed by atoms with van der Waals surface area (Å²) in [7, 11) is 0. The van der Waals surface area contributed by atoms with E-state index in [0.29, 0.717) is 0 Å². The Morgan fingerprint density at radius 3 is 2.11 bits per heavy atom. The van der Waals surface area contributed by atoms with E-state index in [0.717, 1.165) is 17.3 Å². The van der Waals surface area contributed by atoms with Gasteiger partial charge in [0.2, 0.25) is 0 Å². The molecule has 5 rings (SSSR count). The van der Waals surface area contributed by atoms with Crippen molar-refractivity contribution in [3.05, 3.63) is 0 Å². The van der Waals surface area contributed by atoms with Crippen LogP contribution in [0.3, 0.4) is 0 Å². The zero-order valence-electron chi connectivity index (χ0n) is 12.6. The third-order valence-electron chi connectivity index (χ3n) is 8.80.